The van der Waals surface area contributed by atoms with Crippen LogP contribution in [-0.4, -0.2) is 34.1 Å². The van der Waals surface area contributed by atoms with Crippen LogP contribution in [0.3, 0.4) is 0 Å². The Kier molecular flexibility index (Phi) is 7.97. The maximum absolute atomic E-state index is 13.3. The van der Waals surface area contributed by atoms with Gasteiger partial charge in [0.05, 0.1) is 16.8 Å². The van der Waals surface area contributed by atoms with Gasteiger partial charge in [-0.2, -0.15) is 0 Å². The fourth-order valence-electron chi connectivity index (χ4n) is 5.63. The predicted molar refractivity (Wildman–Crippen MR) is 147 cm³/mol. The van der Waals surface area contributed by atoms with E-state index in [4.69, 9.17) is 9.52 Å². The van der Waals surface area contributed by atoms with Crippen LogP contribution in [0.15, 0.2) is 81.5 Å². The molecule has 1 fully saturated rings. The highest BCUT2D eigenvalue weighted by atomic mass is 16.5. The summed E-state index contributed by atoms with van der Waals surface area (Å²) in [6.45, 7) is 2.74. The lowest BCUT2D eigenvalue weighted by Crippen LogP contribution is -2.27. The number of aliphatic hydroxyl groups is 1. The van der Waals surface area contributed by atoms with Gasteiger partial charge in [-0.15, -0.1) is 0 Å². The number of carbonyl (C=O) groups excluding carboxylic acids is 2. The van der Waals surface area contributed by atoms with Crippen molar-refractivity contribution in [2.75, 3.05) is 6.54 Å². The standard InChI is InChI=1S/C32H34N2O4/c1-2-3-16-33-26-17-23(21-10-6-4-7-11-21)18-28(36)31(26)27(35)15-14-25-32-29(37)19-24(20-30(32)38-34-25)22-12-8-5-9-13-22/h4-13,23-24,35H,2-3,14-20H2,1H3/b31-27-,33-26?. The molecule has 1 saturated carbocycles. The zero-order chi connectivity index (χ0) is 26.5. The number of rotatable bonds is 8. The van der Waals surface area contributed by atoms with Crippen molar-refractivity contribution in [2.45, 2.75) is 70.1 Å². The van der Waals surface area contributed by atoms with Crippen molar-refractivity contribution in [3.8, 4) is 0 Å². The second-order valence-corrected chi connectivity index (χ2v) is 10.3. The first-order valence-corrected chi connectivity index (χ1v) is 13.6. The minimum absolute atomic E-state index is 0.0183. The van der Waals surface area contributed by atoms with Crippen LogP contribution in [-0.2, 0) is 17.6 Å². The van der Waals surface area contributed by atoms with Crippen molar-refractivity contribution < 1.29 is 19.2 Å². The monoisotopic (exact) mass is 510 g/mol. The molecule has 38 heavy (non-hydrogen) atoms. The zero-order valence-corrected chi connectivity index (χ0v) is 21.9. The first-order valence-electron chi connectivity index (χ1n) is 13.6. The molecule has 0 radical (unpaired) electrons. The van der Waals surface area contributed by atoms with Crippen molar-refractivity contribution in [3.63, 3.8) is 0 Å². The molecule has 6 nitrogen and oxygen atoms in total. The SMILES string of the molecule is CCCCN=C1CC(c2ccccc2)CC(=O)/C1=C(\O)CCc1noc2c1C(=O)CC(c1ccccc1)C2. The number of aryl methyl sites for hydroxylation is 1. The summed E-state index contributed by atoms with van der Waals surface area (Å²) in [5, 5.41) is 15.3. The Morgan fingerprint density at radius 3 is 2.21 bits per heavy atom. The molecule has 1 aromatic heterocycles. The quantitative estimate of drug-likeness (QED) is 0.206. The molecule has 3 aromatic rings. The van der Waals surface area contributed by atoms with Gasteiger partial charge in [0.15, 0.2) is 11.6 Å². The Labute approximate surface area is 223 Å². The first kappa shape index (κ1) is 25.8. The summed E-state index contributed by atoms with van der Waals surface area (Å²) in [6.07, 6.45) is 4.47. The molecular weight excluding hydrogens is 476 g/mol. The molecule has 0 saturated heterocycles. The number of aliphatic hydroxyl groups excluding tert-OH is 1. The molecule has 2 aromatic carbocycles. The van der Waals surface area contributed by atoms with Crippen LogP contribution in [0.2, 0.25) is 0 Å². The van der Waals surface area contributed by atoms with E-state index in [1.54, 1.807) is 0 Å². The van der Waals surface area contributed by atoms with E-state index in [0.717, 1.165) is 24.0 Å². The van der Waals surface area contributed by atoms with Gasteiger partial charge in [0.2, 0.25) is 0 Å². The number of benzene rings is 2. The molecule has 6 heteroatoms. The average Bonchev–Trinajstić information content (AvgIpc) is 3.36. The Morgan fingerprint density at radius 2 is 1.55 bits per heavy atom. The number of fused-ring (bicyclic) bond motifs is 1. The third-order valence-electron chi connectivity index (χ3n) is 7.66. The highest BCUT2D eigenvalue weighted by Crippen LogP contribution is 2.36. The van der Waals surface area contributed by atoms with Gasteiger partial charge in [0.1, 0.15) is 11.5 Å². The van der Waals surface area contributed by atoms with E-state index in [1.807, 2.05) is 60.7 Å². The predicted octanol–water partition coefficient (Wildman–Crippen LogP) is 6.72. The maximum atomic E-state index is 13.3. The molecule has 0 amide bonds. The van der Waals surface area contributed by atoms with Crippen molar-refractivity contribution >= 4 is 17.3 Å². The Bertz CT molecular complexity index is 1350. The van der Waals surface area contributed by atoms with E-state index in [0.29, 0.717) is 67.0 Å². The number of ketones is 2. The molecular formula is C32H34N2O4. The number of nitrogens with zero attached hydrogens (tertiary/aromatic N) is 2. The lowest BCUT2D eigenvalue weighted by molar-refractivity contribution is -0.116. The number of carbonyl (C=O) groups is 2. The van der Waals surface area contributed by atoms with Gasteiger partial charge in [-0.3, -0.25) is 14.6 Å². The van der Waals surface area contributed by atoms with Gasteiger partial charge >= 0.3 is 0 Å². The first-order chi connectivity index (χ1) is 18.5. The van der Waals surface area contributed by atoms with E-state index in [9.17, 15) is 14.7 Å². The molecule has 2 aliphatic carbocycles. The maximum Gasteiger partial charge on any atom is 0.168 e. The van der Waals surface area contributed by atoms with Crippen LogP contribution in [0.25, 0.3) is 0 Å². The molecule has 1 heterocycles. The second-order valence-electron chi connectivity index (χ2n) is 10.3. The van der Waals surface area contributed by atoms with E-state index in [1.165, 1.54) is 0 Å². The number of allylic oxidation sites excluding steroid dienone is 2. The van der Waals surface area contributed by atoms with Crippen molar-refractivity contribution in [1.29, 1.82) is 0 Å². The van der Waals surface area contributed by atoms with E-state index >= 15 is 0 Å². The fraction of sp³-hybridized carbons (Fsp3) is 0.375. The molecule has 5 rings (SSSR count). The number of aromatic nitrogens is 1. The van der Waals surface area contributed by atoms with Gasteiger partial charge in [-0.1, -0.05) is 79.2 Å². The van der Waals surface area contributed by atoms with Crippen molar-refractivity contribution in [3.05, 3.63) is 100 Å². The van der Waals surface area contributed by atoms with Crippen LogP contribution in [0, 0.1) is 0 Å². The summed E-state index contributed by atoms with van der Waals surface area (Å²) in [6, 6.07) is 20.0. The third kappa shape index (κ3) is 5.54. The molecule has 0 bridgehead atoms. The third-order valence-corrected chi connectivity index (χ3v) is 7.66. The number of aliphatic imine (C=N–C) groups is 1. The van der Waals surface area contributed by atoms with Crippen LogP contribution in [0.5, 0.6) is 0 Å². The lowest BCUT2D eigenvalue weighted by Gasteiger charge is -2.26. The normalized spacial score (nSPS) is 22.0. The van der Waals surface area contributed by atoms with E-state index < -0.39 is 0 Å². The minimum atomic E-state index is -0.0817. The van der Waals surface area contributed by atoms with Crippen LogP contribution in [0.1, 0.15) is 90.2 Å². The molecule has 2 aliphatic rings. The van der Waals surface area contributed by atoms with Gasteiger partial charge in [-0.25, -0.2) is 0 Å². The second kappa shape index (κ2) is 11.7. The lowest BCUT2D eigenvalue weighted by atomic mass is 9.78. The minimum Gasteiger partial charge on any atom is -0.511 e. The van der Waals surface area contributed by atoms with Gasteiger partial charge < -0.3 is 9.63 Å². The molecule has 196 valence electrons. The average molecular weight is 511 g/mol. The number of Topliss-reactive ketones (excluding diaryl/α,β-unsaturated/α-hetero) is 2. The summed E-state index contributed by atoms with van der Waals surface area (Å²) < 4.78 is 5.60. The molecule has 0 spiro atoms. The topological polar surface area (TPSA) is 92.8 Å². The summed E-state index contributed by atoms with van der Waals surface area (Å²) in [4.78, 5) is 31.1. The summed E-state index contributed by atoms with van der Waals surface area (Å²) >= 11 is 0. The fourth-order valence-corrected chi connectivity index (χ4v) is 5.63. The zero-order valence-electron chi connectivity index (χ0n) is 21.9. The Morgan fingerprint density at radius 1 is 0.921 bits per heavy atom. The molecule has 1 N–H and O–H groups in total. The number of unbranched alkanes of at least 4 members (excludes halogenated alkanes) is 1. The highest BCUT2D eigenvalue weighted by molar-refractivity contribution is 6.24. The van der Waals surface area contributed by atoms with Gasteiger partial charge in [0, 0.05) is 44.4 Å². The smallest absolute Gasteiger partial charge is 0.168 e. The molecule has 0 aliphatic heterocycles. The Balaban J connectivity index is 1.34. The number of hydrogen-bond acceptors (Lipinski definition) is 6. The van der Waals surface area contributed by atoms with E-state index in [-0.39, 0.29) is 35.6 Å². The number of hydrogen-bond donors (Lipinski definition) is 1. The summed E-state index contributed by atoms with van der Waals surface area (Å²) in [5.41, 5.74) is 4.37. The molecule has 2 unspecified atom stereocenters. The summed E-state index contributed by atoms with van der Waals surface area (Å²) in [7, 11) is 0. The summed E-state index contributed by atoms with van der Waals surface area (Å²) in [5.74, 6) is 0.703. The van der Waals surface area contributed by atoms with Crippen molar-refractivity contribution in [1.82, 2.24) is 5.16 Å². The highest BCUT2D eigenvalue weighted by Gasteiger charge is 2.34. The van der Waals surface area contributed by atoms with Gasteiger partial charge in [0.25, 0.3) is 0 Å². The Hall–Kier alpha value is -3.80. The van der Waals surface area contributed by atoms with Gasteiger partial charge in [-0.05, 0) is 35.8 Å². The largest absolute Gasteiger partial charge is 0.511 e. The van der Waals surface area contributed by atoms with E-state index in [2.05, 4.69) is 12.1 Å². The van der Waals surface area contributed by atoms with Crippen LogP contribution < -0.4 is 0 Å². The van der Waals surface area contributed by atoms with Crippen LogP contribution in [0.4, 0.5) is 0 Å². The van der Waals surface area contributed by atoms with Crippen LogP contribution >= 0.6 is 0 Å². The molecule has 2 atom stereocenters. The van der Waals surface area contributed by atoms with Crippen molar-refractivity contribution in [2.24, 2.45) is 4.99 Å².